The summed E-state index contributed by atoms with van der Waals surface area (Å²) in [5.41, 5.74) is -0.367. The first-order valence-corrected chi connectivity index (χ1v) is 6.11. The standard InChI is InChI=1S/C12H12N2O6/c15-7-1-2-13(5-7)12(16)8-3-10-11(20-6-19-10)4-9(8)14(17)18/h3-4,7,15H,1-2,5-6H2. The van der Waals surface area contributed by atoms with Crippen LogP contribution in [0.2, 0.25) is 0 Å². The van der Waals surface area contributed by atoms with Gasteiger partial charge < -0.3 is 19.5 Å². The summed E-state index contributed by atoms with van der Waals surface area (Å²) < 4.78 is 10.2. The molecule has 1 amide bonds. The van der Waals surface area contributed by atoms with Crippen LogP contribution in [0.5, 0.6) is 11.5 Å². The van der Waals surface area contributed by atoms with E-state index in [0.29, 0.717) is 18.7 Å². The lowest BCUT2D eigenvalue weighted by Gasteiger charge is -2.15. The number of nitro groups is 1. The van der Waals surface area contributed by atoms with Crippen LogP contribution in [-0.4, -0.2) is 46.8 Å². The van der Waals surface area contributed by atoms with Crippen LogP contribution >= 0.6 is 0 Å². The summed E-state index contributed by atoms with van der Waals surface area (Å²) in [6.45, 7) is 0.544. The molecule has 0 aliphatic carbocycles. The largest absolute Gasteiger partial charge is 0.454 e. The highest BCUT2D eigenvalue weighted by Gasteiger charge is 2.32. The van der Waals surface area contributed by atoms with E-state index in [-0.39, 0.29) is 30.3 Å². The average molecular weight is 280 g/mol. The first-order valence-electron chi connectivity index (χ1n) is 6.11. The maximum absolute atomic E-state index is 12.3. The van der Waals surface area contributed by atoms with Crippen LogP contribution in [-0.2, 0) is 0 Å². The Bertz CT molecular complexity index is 588. The van der Waals surface area contributed by atoms with Crippen LogP contribution in [0.3, 0.4) is 0 Å². The van der Waals surface area contributed by atoms with Crippen molar-refractivity contribution in [1.29, 1.82) is 0 Å². The van der Waals surface area contributed by atoms with Gasteiger partial charge >= 0.3 is 0 Å². The fourth-order valence-corrected chi connectivity index (χ4v) is 2.35. The summed E-state index contributed by atoms with van der Waals surface area (Å²) in [6, 6.07) is 2.52. The molecule has 1 fully saturated rings. The van der Waals surface area contributed by atoms with Gasteiger partial charge in [-0.3, -0.25) is 14.9 Å². The Morgan fingerprint density at radius 1 is 1.40 bits per heavy atom. The highest BCUT2D eigenvalue weighted by atomic mass is 16.7. The fourth-order valence-electron chi connectivity index (χ4n) is 2.35. The van der Waals surface area contributed by atoms with Crippen LogP contribution in [0.1, 0.15) is 16.8 Å². The van der Waals surface area contributed by atoms with E-state index in [0.717, 1.165) is 0 Å². The van der Waals surface area contributed by atoms with Crippen LogP contribution in [0, 0.1) is 10.1 Å². The number of likely N-dealkylation sites (tertiary alicyclic amines) is 1. The molecule has 2 aliphatic heterocycles. The van der Waals surface area contributed by atoms with E-state index in [4.69, 9.17) is 9.47 Å². The molecule has 0 spiro atoms. The van der Waals surface area contributed by atoms with Crippen LogP contribution in [0.25, 0.3) is 0 Å². The summed E-state index contributed by atoms with van der Waals surface area (Å²) in [5.74, 6) is 0.0972. The predicted molar refractivity (Wildman–Crippen MR) is 65.7 cm³/mol. The molecular formula is C12H12N2O6. The molecule has 1 aromatic carbocycles. The van der Waals surface area contributed by atoms with E-state index in [2.05, 4.69) is 0 Å². The number of nitro benzene ring substituents is 1. The molecule has 20 heavy (non-hydrogen) atoms. The number of aliphatic hydroxyl groups is 1. The van der Waals surface area contributed by atoms with Gasteiger partial charge in [0.05, 0.1) is 17.1 Å². The molecule has 1 N–H and O–H groups in total. The molecular weight excluding hydrogens is 268 g/mol. The zero-order valence-electron chi connectivity index (χ0n) is 10.4. The van der Waals surface area contributed by atoms with Gasteiger partial charge in [-0.25, -0.2) is 0 Å². The summed E-state index contributed by atoms with van der Waals surface area (Å²) >= 11 is 0. The normalized spacial score (nSPS) is 20.2. The van der Waals surface area contributed by atoms with E-state index in [9.17, 15) is 20.0 Å². The Morgan fingerprint density at radius 3 is 2.70 bits per heavy atom. The number of carbonyl (C=O) groups excluding carboxylic acids is 1. The maximum atomic E-state index is 12.3. The average Bonchev–Trinajstić information content (AvgIpc) is 3.04. The Morgan fingerprint density at radius 2 is 2.10 bits per heavy atom. The Balaban J connectivity index is 1.99. The quantitative estimate of drug-likeness (QED) is 0.626. The molecule has 8 heteroatoms. The van der Waals surface area contributed by atoms with Crippen LogP contribution in [0.4, 0.5) is 5.69 Å². The van der Waals surface area contributed by atoms with Crippen molar-refractivity contribution >= 4 is 11.6 Å². The summed E-state index contributed by atoms with van der Waals surface area (Å²) in [7, 11) is 0. The third-order valence-corrected chi connectivity index (χ3v) is 3.37. The van der Waals surface area contributed by atoms with Crippen molar-refractivity contribution in [1.82, 2.24) is 4.90 Å². The van der Waals surface area contributed by atoms with E-state index in [1.54, 1.807) is 0 Å². The second-order valence-electron chi connectivity index (χ2n) is 4.67. The molecule has 1 aromatic rings. The molecule has 3 rings (SSSR count). The van der Waals surface area contributed by atoms with Gasteiger partial charge in [-0.05, 0) is 6.42 Å². The van der Waals surface area contributed by atoms with E-state index in [1.807, 2.05) is 0 Å². The van der Waals surface area contributed by atoms with Gasteiger partial charge in [-0.2, -0.15) is 0 Å². The van der Waals surface area contributed by atoms with Gasteiger partial charge in [0, 0.05) is 19.2 Å². The number of amides is 1. The van der Waals surface area contributed by atoms with Crippen molar-refractivity contribution in [2.45, 2.75) is 12.5 Å². The molecule has 8 nitrogen and oxygen atoms in total. The first kappa shape index (κ1) is 12.7. The summed E-state index contributed by atoms with van der Waals surface area (Å²) in [6.07, 6.45) is -0.101. The second-order valence-corrected chi connectivity index (χ2v) is 4.67. The van der Waals surface area contributed by atoms with Crippen molar-refractivity contribution in [3.63, 3.8) is 0 Å². The fraction of sp³-hybridized carbons (Fsp3) is 0.417. The molecule has 106 valence electrons. The molecule has 1 atom stereocenters. The van der Waals surface area contributed by atoms with Gasteiger partial charge in [0.15, 0.2) is 11.5 Å². The second kappa shape index (κ2) is 4.64. The lowest BCUT2D eigenvalue weighted by atomic mass is 10.1. The monoisotopic (exact) mass is 280 g/mol. The predicted octanol–water partition coefficient (Wildman–Crippen LogP) is 0.530. The molecule has 1 unspecified atom stereocenters. The highest BCUT2D eigenvalue weighted by Crippen LogP contribution is 2.38. The third kappa shape index (κ3) is 2.03. The number of hydrogen-bond acceptors (Lipinski definition) is 6. The minimum Gasteiger partial charge on any atom is -0.454 e. The van der Waals surface area contributed by atoms with E-state index in [1.165, 1.54) is 17.0 Å². The number of ether oxygens (including phenoxy) is 2. The summed E-state index contributed by atoms with van der Waals surface area (Å²) in [5, 5.41) is 20.6. The highest BCUT2D eigenvalue weighted by molar-refractivity contribution is 5.99. The minimum atomic E-state index is -0.623. The molecule has 1 saturated heterocycles. The molecule has 0 bridgehead atoms. The van der Waals surface area contributed by atoms with Crippen molar-refractivity contribution < 1.29 is 24.3 Å². The van der Waals surface area contributed by atoms with Crippen molar-refractivity contribution in [3.8, 4) is 11.5 Å². The zero-order chi connectivity index (χ0) is 14.3. The number of nitrogens with zero attached hydrogens (tertiary/aromatic N) is 2. The van der Waals surface area contributed by atoms with Crippen molar-refractivity contribution in [2.24, 2.45) is 0 Å². The van der Waals surface area contributed by atoms with Crippen molar-refractivity contribution in [3.05, 3.63) is 27.8 Å². The molecule has 0 aromatic heterocycles. The Kier molecular flexibility index (Phi) is 2.94. The Labute approximate surface area is 113 Å². The lowest BCUT2D eigenvalue weighted by molar-refractivity contribution is -0.385. The summed E-state index contributed by atoms with van der Waals surface area (Å²) in [4.78, 5) is 24.2. The smallest absolute Gasteiger partial charge is 0.286 e. The van der Waals surface area contributed by atoms with Gasteiger partial charge in [0.1, 0.15) is 5.56 Å². The number of carbonyl (C=O) groups is 1. The first-order chi connectivity index (χ1) is 9.56. The molecule has 0 saturated carbocycles. The minimum absolute atomic E-state index is 0.0213. The number of β-amino-alcohol motifs (C(OH)–C–C–N with tert-alkyl or cyclic N) is 1. The Hall–Kier alpha value is -2.35. The van der Waals surface area contributed by atoms with E-state index < -0.39 is 16.9 Å². The third-order valence-electron chi connectivity index (χ3n) is 3.37. The SMILES string of the molecule is O=C(c1cc2c(cc1[N+](=O)[O-])OCO2)N1CCC(O)C1. The van der Waals surface area contributed by atoms with Gasteiger partial charge in [0.2, 0.25) is 6.79 Å². The maximum Gasteiger partial charge on any atom is 0.286 e. The number of hydrogen-bond donors (Lipinski definition) is 1. The van der Waals surface area contributed by atoms with Crippen LogP contribution in [0.15, 0.2) is 12.1 Å². The number of fused-ring (bicyclic) bond motifs is 1. The molecule has 2 heterocycles. The molecule has 0 radical (unpaired) electrons. The van der Waals surface area contributed by atoms with Crippen LogP contribution < -0.4 is 9.47 Å². The zero-order valence-corrected chi connectivity index (χ0v) is 10.4. The van der Waals surface area contributed by atoms with Crippen molar-refractivity contribution in [2.75, 3.05) is 19.9 Å². The molecule has 2 aliphatic rings. The number of aliphatic hydroxyl groups excluding tert-OH is 1. The number of rotatable bonds is 2. The lowest BCUT2D eigenvalue weighted by Crippen LogP contribution is -2.30. The van der Waals surface area contributed by atoms with Gasteiger partial charge in [0.25, 0.3) is 11.6 Å². The number of benzene rings is 1. The van der Waals surface area contributed by atoms with Gasteiger partial charge in [-0.15, -0.1) is 0 Å². The topological polar surface area (TPSA) is 102 Å². The van der Waals surface area contributed by atoms with E-state index >= 15 is 0 Å². The van der Waals surface area contributed by atoms with Gasteiger partial charge in [-0.1, -0.05) is 0 Å².